The van der Waals surface area contributed by atoms with E-state index in [2.05, 4.69) is 47.8 Å². The Morgan fingerprint density at radius 1 is 0.638 bits per heavy atom. The molecule has 38 heteroatoms. The number of carbonyl (C=O) groups excluding carboxylic acids is 7. The number of carboxylic acid groups (broad SMARTS) is 3. The molecule has 3 aromatic rings. The number of aliphatic hydroxyl groups is 10. The molecule has 36 nitrogen and oxygen atoms in total. The Balaban J connectivity index is 1.61. The smallest absolute Gasteiger partial charge is 0.327 e. The van der Waals surface area contributed by atoms with Gasteiger partial charge in [-0.15, -0.1) is 6.42 Å². The normalized spacial score (nSPS) is 15.4. The van der Waals surface area contributed by atoms with Crippen LogP contribution in [-0.4, -0.2) is 266 Å². The Hall–Kier alpha value is -8.30. The lowest BCUT2D eigenvalue weighted by Crippen LogP contribution is -2.57. The fourth-order valence-corrected chi connectivity index (χ4v) is 10.4. The molecule has 0 aliphatic rings. The predicted octanol–water partition coefficient (Wildman–Crippen LogP) is -7.57. The molecule has 0 saturated heterocycles. The summed E-state index contributed by atoms with van der Waals surface area (Å²) in [6, 6.07) is 2.54. The number of esters is 1. The number of nitrogen functional groups attached to an aromatic ring is 1. The number of carbonyl (C=O) groups is 10. The highest BCUT2D eigenvalue weighted by Gasteiger charge is 2.34. The van der Waals surface area contributed by atoms with Crippen LogP contribution in [0.4, 0.5) is 11.6 Å². The maximum Gasteiger partial charge on any atom is 0.327 e. The van der Waals surface area contributed by atoms with Gasteiger partial charge in [0.2, 0.25) is 35.5 Å². The van der Waals surface area contributed by atoms with E-state index in [1.807, 2.05) is 0 Å². The van der Waals surface area contributed by atoms with Crippen LogP contribution in [0.25, 0.3) is 10.9 Å². The van der Waals surface area contributed by atoms with Crippen molar-refractivity contribution in [3.8, 4) is 12.3 Å². The van der Waals surface area contributed by atoms with E-state index in [1.54, 1.807) is 35.2 Å². The largest absolute Gasteiger partial charge is 0.481 e. The Labute approximate surface area is 543 Å². The third-order valence-electron chi connectivity index (χ3n) is 13.8. The number of nitrogens with two attached hydrogens (primary N) is 2. The number of H-pyrrole nitrogens is 1. The molecule has 0 aliphatic heterocycles. The van der Waals surface area contributed by atoms with E-state index >= 15 is 0 Å². The predicted molar refractivity (Wildman–Crippen MR) is 332 cm³/mol. The summed E-state index contributed by atoms with van der Waals surface area (Å²) in [4.78, 5) is 149. The first kappa shape index (κ1) is 79.9. The SMILES string of the molecule is C#CCN(Cc1ccc2nc(N)[nH]c(=O)c2c1)c1ccc(C(=O)NC(CCC(=O)OCCSSCC(NC(=O)C(CCC(=O)NCC(O)C(O)C(O)C(O)CO)NC(=O)C(CCC(=O)O)NC(=O)C(N)CCC(=O)NCC(O)C(O)C(O)C(O)CO)C(=O)O)C(=O)O)cc1. The lowest BCUT2D eigenvalue weighted by Gasteiger charge is -2.26. The van der Waals surface area contributed by atoms with E-state index in [0.29, 0.717) is 22.2 Å². The van der Waals surface area contributed by atoms with Crippen molar-refractivity contribution in [2.75, 3.05) is 61.6 Å². The van der Waals surface area contributed by atoms with Gasteiger partial charge in [-0.2, -0.15) is 0 Å². The van der Waals surface area contributed by atoms with Gasteiger partial charge in [-0.1, -0.05) is 33.6 Å². The van der Waals surface area contributed by atoms with Crippen LogP contribution in [-0.2, 0) is 54.4 Å². The van der Waals surface area contributed by atoms with Gasteiger partial charge in [-0.05, 0) is 67.6 Å². The first-order valence-corrected chi connectivity index (χ1v) is 31.2. The summed E-state index contributed by atoms with van der Waals surface area (Å²) in [5.74, 6) is -9.51. The molecular formula is C56H79N11O25S2. The van der Waals surface area contributed by atoms with E-state index < -0.39 is 221 Å². The molecule has 13 unspecified atom stereocenters. The van der Waals surface area contributed by atoms with Crippen molar-refractivity contribution in [1.29, 1.82) is 0 Å². The Morgan fingerprint density at radius 2 is 1.15 bits per heavy atom. The fraction of sp³-hybridized carbons (Fsp3) is 0.536. The molecule has 13 atom stereocenters. The zero-order valence-electron chi connectivity index (χ0n) is 50.2. The summed E-state index contributed by atoms with van der Waals surface area (Å²) in [6.45, 7) is -3.31. The number of anilines is 2. The van der Waals surface area contributed by atoms with Gasteiger partial charge < -0.3 is 119 Å². The average molecular weight is 1370 g/mol. The molecule has 1 heterocycles. The van der Waals surface area contributed by atoms with Crippen LogP contribution >= 0.6 is 21.6 Å². The highest BCUT2D eigenvalue weighted by atomic mass is 33.1. The van der Waals surface area contributed by atoms with Crippen LogP contribution < -0.4 is 53.8 Å². The number of hydrogen-bond acceptors (Lipinski definition) is 28. The number of nitrogens with zero attached hydrogens (tertiary/aromatic N) is 2. The number of aromatic nitrogens is 2. The van der Waals surface area contributed by atoms with Crippen LogP contribution in [0.5, 0.6) is 0 Å². The topological polar surface area (TPSA) is 616 Å². The van der Waals surface area contributed by atoms with E-state index in [-0.39, 0.29) is 43.4 Å². The van der Waals surface area contributed by atoms with Gasteiger partial charge in [0.25, 0.3) is 11.5 Å². The molecule has 0 saturated carbocycles. The summed E-state index contributed by atoms with van der Waals surface area (Å²) in [5.41, 5.74) is 12.9. The molecule has 0 spiro atoms. The highest BCUT2D eigenvalue weighted by Crippen LogP contribution is 2.23. The molecule has 2 aromatic carbocycles. The number of ether oxygens (including phenoxy) is 1. The van der Waals surface area contributed by atoms with Gasteiger partial charge in [0.15, 0.2) is 0 Å². The number of benzene rings is 2. The van der Waals surface area contributed by atoms with Crippen molar-refractivity contribution < 1.29 is 119 Å². The van der Waals surface area contributed by atoms with Gasteiger partial charge in [0, 0.05) is 68.1 Å². The molecule has 3 rings (SSSR count). The van der Waals surface area contributed by atoms with Crippen LogP contribution in [0.3, 0.4) is 0 Å². The molecule has 520 valence electrons. The standard InChI is InChI=1S/C56H79N11O25S2/c1-2-17-67(23-27-3-9-32-30(20-27)50(84)66-56(58)65-32)29-6-4-28(5-7-29)49(83)63-35(54(88)89)12-16-44(78)92-18-19-93-94-26-36(55(90)91)64-53(87)33(10-14-42(75)60-22-38(71)46(80)48(82)40(73)25-69)62-52(86)34(11-15-43(76)77)61-51(85)31(57)8-13-41(74)59-21-37(70)45(79)47(81)39(72)24-68/h1,3-7,9,20,31,33-40,45-48,68-73,79-82H,8,10-19,21-26,57H2,(H,59,74)(H,60,75)(H,61,85)(H,62,86)(H,63,83)(H,64,87)(H,76,77)(H,88,89)(H,90,91)(H3,58,65,66,84). The van der Waals surface area contributed by atoms with E-state index in [4.69, 9.17) is 32.8 Å². The highest BCUT2D eigenvalue weighted by molar-refractivity contribution is 8.76. The minimum atomic E-state index is -2.09. The second-order valence-corrected chi connectivity index (χ2v) is 23.6. The number of nitrogens with one attached hydrogen (secondary N) is 7. The third-order valence-corrected chi connectivity index (χ3v) is 16.2. The van der Waals surface area contributed by atoms with Gasteiger partial charge in [0.1, 0.15) is 67.4 Å². The molecule has 1 aromatic heterocycles. The minimum Gasteiger partial charge on any atom is -0.481 e. The number of aromatic amines is 1. The van der Waals surface area contributed by atoms with Gasteiger partial charge in [-0.25, -0.2) is 14.6 Å². The second-order valence-electron chi connectivity index (χ2n) is 21.0. The first-order valence-electron chi connectivity index (χ1n) is 28.7. The van der Waals surface area contributed by atoms with E-state index in [0.717, 1.165) is 21.6 Å². The van der Waals surface area contributed by atoms with Crippen molar-refractivity contribution in [3.05, 3.63) is 63.9 Å². The maximum atomic E-state index is 13.8. The Kier molecular flexibility index (Phi) is 34.6. The van der Waals surface area contributed by atoms with Gasteiger partial charge in [0.05, 0.1) is 48.9 Å². The summed E-state index contributed by atoms with van der Waals surface area (Å²) < 4.78 is 5.18. The zero-order chi connectivity index (χ0) is 70.4. The number of fused-ring (bicyclic) bond motifs is 1. The lowest BCUT2D eigenvalue weighted by atomic mass is 10.0. The maximum absolute atomic E-state index is 13.8. The van der Waals surface area contributed by atoms with Crippen molar-refractivity contribution in [2.24, 2.45) is 5.73 Å². The number of rotatable bonds is 44. The number of aliphatic carboxylic acids is 3. The fourth-order valence-electron chi connectivity index (χ4n) is 8.37. The number of terminal acetylenes is 1. The molecule has 0 bridgehead atoms. The van der Waals surface area contributed by atoms with Crippen molar-refractivity contribution in [2.45, 2.75) is 137 Å². The number of amides is 6. The third kappa shape index (κ3) is 27.3. The molecule has 0 fully saturated rings. The minimum absolute atomic E-state index is 0.0144. The number of carboxylic acids is 3. The summed E-state index contributed by atoms with van der Waals surface area (Å²) >= 11 is 0. The van der Waals surface area contributed by atoms with E-state index in [9.17, 15) is 109 Å². The van der Waals surface area contributed by atoms with Crippen LogP contribution in [0.1, 0.15) is 67.3 Å². The summed E-state index contributed by atoms with van der Waals surface area (Å²) in [6.07, 6.45) is -14.7. The molecule has 24 N–H and O–H groups in total. The summed E-state index contributed by atoms with van der Waals surface area (Å²) in [5, 5.41) is 140. The van der Waals surface area contributed by atoms with Crippen LogP contribution in [0.15, 0.2) is 47.3 Å². The molecule has 0 aliphatic carbocycles. The number of aliphatic hydroxyl groups excluding tert-OH is 10. The Morgan fingerprint density at radius 3 is 1.68 bits per heavy atom. The summed E-state index contributed by atoms with van der Waals surface area (Å²) in [7, 11) is 1.83. The average Bonchev–Trinajstić information content (AvgIpc) is 0.821. The molecule has 6 amide bonds. The molecular weight excluding hydrogens is 1290 g/mol. The molecule has 0 radical (unpaired) electrons. The monoisotopic (exact) mass is 1370 g/mol. The van der Waals surface area contributed by atoms with Gasteiger partial charge in [-0.3, -0.25) is 48.1 Å². The van der Waals surface area contributed by atoms with Crippen molar-refractivity contribution >= 4 is 103 Å². The Bertz CT molecular complexity index is 3150. The van der Waals surface area contributed by atoms with Crippen molar-refractivity contribution in [1.82, 2.24) is 41.9 Å². The second kappa shape index (κ2) is 40.7. The number of hydrogen-bond donors (Lipinski definition) is 22. The first-order chi connectivity index (χ1) is 44.4. The van der Waals surface area contributed by atoms with Crippen molar-refractivity contribution in [3.63, 3.8) is 0 Å². The van der Waals surface area contributed by atoms with Gasteiger partial charge >= 0.3 is 23.9 Å². The lowest BCUT2D eigenvalue weighted by molar-refractivity contribution is -0.144. The molecule has 94 heavy (non-hydrogen) atoms. The van der Waals surface area contributed by atoms with Crippen LogP contribution in [0, 0.1) is 12.3 Å². The van der Waals surface area contributed by atoms with E-state index in [1.165, 1.54) is 12.1 Å². The zero-order valence-corrected chi connectivity index (χ0v) is 51.9. The quantitative estimate of drug-likeness (QED) is 0.0108. The van der Waals surface area contributed by atoms with Crippen LogP contribution in [0.2, 0.25) is 0 Å².